The van der Waals surface area contributed by atoms with Gasteiger partial charge in [0.05, 0.1) is 30.9 Å². The van der Waals surface area contributed by atoms with Crippen LogP contribution in [0.2, 0.25) is 0 Å². The number of hydrogen-bond donors (Lipinski definition) is 0. The van der Waals surface area contributed by atoms with E-state index in [2.05, 4.69) is 21.1 Å². The zero-order chi connectivity index (χ0) is 17.5. The van der Waals surface area contributed by atoms with Crippen molar-refractivity contribution in [3.63, 3.8) is 0 Å². The number of hydrogen-bond acceptors (Lipinski definition) is 6. The topological polar surface area (TPSA) is 83.2 Å². The number of rotatable bonds is 7. The van der Waals surface area contributed by atoms with E-state index < -0.39 is 4.92 Å². The van der Waals surface area contributed by atoms with Gasteiger partial charge < -0.3 is 14.3 Å². The van der Waals surface area contributed by atoms with Crippen LogP contribution in [-0.4, -0.2) is 25.4 Å². The summed E-state index contributed by atoms with van der Waals surface area (Å²) in [7, 11) is 3.10. The lowest BCUT2D eigenvalue weighted by Crippen LogP contribution is -1.96. The van der Waals surface area contributed by atoms with Crippen LogP contribution < -0.4 is 9.47 Å². The van der Waals surface area contributed by atoms with E-state index in [4.69, 9.17) is 14.3 Å². The maximum atomic E-state index is 10.9. The van der Waals surface area contributed by atoms with Gasteiger partial charge in [-0.3, -0.25) is 10.1 Å². The van der Waals surface area contributed by atoms with Crippen molar-refractivity contribution < 1.29 is 19.2 Å². The third-order valence-electron chi connectivity index (χ3n) is 3.17. The van der Waals surface area contributed by atoms with Crippen molar-refractivity contribution in [3.05, 3.63) is 62.1 Å². The normalized spacial score (nSPS) is 10.6. The van der Waals surface area contributed by atoms with Crippen molar-refractivity contribution in [2.75, 3.05) is 14.2 Å². The monoisotopic (exact) mass is 394 g/mol. The number of nitrogens with zero attached hydrogens (tertiary/aromatic N) is 2. The number of nitro groups is 1. The van der Waals surface area contributed by atoms with Gasteiger partial charge in [0, 0.05) is 16.1 Å². The van der Waals surface area contributed by atoms with Crippen molar-refractivity contribution >= 4 is 27.8 Å². The molecular weight excluding hydrogens is 380 g/mol. The Morgan fingerprint density at radius 2 is 1.88 bits per heavy atom. The van der Waals surface area contributed by atoms with Gasteiger partial charge in [0.25, 0.3) is 5.69 Å². The Morgan fingerprint density at radius 3 is 2.54 bits per heavy atom. The Labute approximate surface area is 147 Å². The fourth-order valence-electron chi connectivity index (χ4n) is 1.97. The molecule has 7 nitrogen and oxygen atoms in total. The molecule has 0 aromatic heterocycles. The van der Waals surface area contributed by atoms with E-state index >= 15 is 0 Å². The number of methoxy groups -OCH3 is 2. The Hall–Kier alpha value is -2.61. The molecule has 0 aliphatic heterocycles. The highest BCUT2D eigenvalue weighted by Gasteiger charge is 2.11. The zero-order valence-corrected chi connectivity index (χ0v) is 14.6. The maximum Gasteiger partial charge on any atom is 0.278 e. The molecule has 0 aliphatic carbocycles. The number of nitro benzene ring substituents is 1. The molecule has 2 rings (SSSR count). The van der Waals surface area contributed by atoms with Gasteiger partial charge in [-0.1, -0.05) is 33.2 Å². The quantitative estimate of drug-likeness (QED) is 0.403. The molecule has 0 fully saturated rings. The summed E-state index contributed by atoms with van der Waals surface area (Å²) in [6.07, 6.45) is 1.31. The molecule has 0 aliphatic rings. The van der Waals surface area contributed by atoms with Gasteiger partial charge in [-0.25, -0.2) is 0 Å². The van der Waals surface area contributed by atoms with E-state index in [1.807, 2.05) is 0 Å². The second-order valence-electron chi connectivity index (χ2n) is 4.62. The van der Waals surface area contributed by atoms with Crippen molar-refractivity contribution in [1.29, 1.82) is 0 Å². The lowest BCUT2D eigenvalue weighted by atomic mass is 10.2. The number of para-hydroxylation sites is 1. The van der Waals surface area contributed by atoms with Gasteiger partial charge in [-0.2, -0.15) is 0 Å². The molecule has 0 amide bonds. The van der Waals surface area contributed by atoms with Crippen LogP contribution in [0.15, 0.2) is 46.0 Å². The summed E-state index contributed by atoms with van der Waals surface area (Å²) >= 11 is 3.42. The number of oxime groups is 1. The highest BCUT2D eigenvalue weighted by molar-refractivity contribution is 9.10. The fourth-order valence-corrected chi connectivity index (χ4v) is 2.41. The summed E-state index contributed by atoms with van der Waals surface area (Å²) in [6, 6.07) is 9.83. The molecule has 8 heteroatoms. The van der Waals surface area contributed by atoms with E-state index in [-0.39, 0.29) is 12.3 Å². The first kappa shape index (κ1) is 17.7. The van der Waals surface area contributed by atoms with Crippen LogP contribution >= 0.6 is 15.9 Å². The van der Waals surface area contributed by atoms with E-state index in [9.17, 15) is 10.1 Å². The molecular formula is C16H15BrN2O5. The second-order valence-corrected chi connectivity index (χ2v) is 5.48. The van der Waals surface area contributed by atoms with Crippen molar-refractivity contribution in [2.24, 2.45) is 5.16 Å². The first-order valence-electron chi connectivity index (χ1n) is 6.86. The standard InChI is InChI=1S/C16H15BrN2O5/c1-22-15-7-12(13(17)8-16(15)23-2)10-24-18-9-11-5-3-4-6-14(11)19(20)21/h3-9H,10H2,1-2H3/b18-9+. The fraction of sp³-hybridized carbons (Fsp3) is 0.188. The number of halogens is 1. The van der Waals surface area contributed by atoms with Crippen molar-refractivity contribution in [3.8, 4) is 11.5 Å². The van der Waals surface area contributed by atoms with Gasteiger partial charge in [-0.15, -0.1) is 0 Å². The molecule has 0 saturated carbocycles. The third kappa shape index (κ3) is 4.23. The van der Waals surface area contributed by atoms with E-state index in [1.165, 1.54) is 12.3 Å². The summed E-state index contributed by atoms with van der Waals surface area (Å²) in [5, 5.41) is 14.7. The van der Waals surface area contributed by atoms with Crippen molar-refractivity contribution in [1.82, 2.24) is 0 Å². The van der Waals surface area contributed by atoms with Crippen LogP contribution in [0.5, 0.6) is 11.5 Å². The Kier molecular flexibility index (Phi) is 6.14. The summed E-state index contributed by atoms with van der Waals surface area (Å²) in [4.78, 5) is 15.7. The van der Waals surface area contributed by atoms with Gasteiger partial charge >= 0.3 is 0 Å². The number of ether oxygens (including phenoxy) is 2. The molecule has 0 radical (unpaired) electrons. The van der Waals surface area contributed by atoms with Crippen LogP contribution in [0.25, 0.3) is 0 Å². The van der Waals surface area contributed by atoms with Gasteiger partial charge in [0.2, 0.25) is 0 Å². The molecule has 0 unspecified atom stereocenters. The SMILES string of the molecule is COc1cc(Br)c(CO/N=C/c2ccccc2[N+](=O)[O-])cc1OC. The molecule has 2 aromatic rings. The van der Waals surface area contributed by atoms with Gasteiger partial charge in [0.15, 0.2) is 11.5 Å². The lowest BCUT2D eigenvalue weighted by molar-refractivity contribution is -0.385. The largest absolute Gasteiger partial charge is 0.493 e. The predicted molar refractivity (Wildman–Crippen MR) is 92.7 cm³/mol. The highest BCUT2D eigenvalue weighted by atomic mass is 79.9. The van der Waals surface area contributed by atoms with Crippen molar-refractivity contribution in [2.45, 2.75) is 6.61 Å². The van der Waals surface area contributed by atoms with Gasteiger partial charge in [-0.05, 0) is 18.2 Å². The average Bonchev–Trinajstić information content (AvgIpc) is 2.59. The summed E-state index contributed by atoms with van der Waals surface area (Å²) in [6.45, 7) is 0.165. The molecule has 126 valence electrons. The Morgan fingerprint density at radius 1 is 1.21 bits per heavy atom. The zero-order valence-electron chi connectivity index (χ0n) is 13.1. The lowest BCUT2D eigenvalue weighted by Gasteiger charge is -2.11. The number of benzene rings is 2. The van der Waals surface area contributed by atoms with Crippen LogP contribution in [0.3, 0.4) is 0 Å². The first-order chi connectivity index (χ1) is 11.6. The maximum absolute atomic E-state index is 10.9. The molecule has 0 N–H and O–H groups in total. The molecule has 0 heterocycles. The van der Waals surface area contributed by atoms with Crippen LogP contribution in [0.1, 0.15) is 11.1 Å². The molecule has 2 aromatic carbocycles. The smallest absolute Gasteiger partial charge is 0.278 e. The van der Waals surface area contributed by atoms with E-state index in [1.54, 1.807) is 44.6 Å². The third-order valence-corrected chi connectivity index (χ3v) is 3.91. The first-order valence-corrected chi connectivity index (χ1v) is 7.65. The van der Waals surface area contributed by atoms with Crippen LogP contribution in [0.4, 0.5) is 5.69 Å². The van der Waals surface area contributed by atoms with Gasteiger partial charge in [0.1, 0.15) is 6.61 Å². The average molecular weight is 395 g/mol. The Bertz CT molecular complexity index is 764. The minimum atomic E-state index is -0.466. The molecule has 0 bridgehead atoms. The Balaban J connectivity index is 2.08. The molecule has 0 spiro atoms. The van der Waals surface area contributed by atoms with E-state index in [0.29, 0.717) is 17.1 Å². The minimum absolute atomic E-state index is 0.0304. The summed E-state index contributed by atoms with van der Waals surface area (Å²) < 4.78 is 11.2. The summed E-state index contributed by atoms with van der Waals surface area (Å²) in [5.41, 5.74) is 1.14. The molecule has 24 heavy (non-hydrogen) atoms. The van der Waals surface area contributed by atoms with E-state index in [0.717, 1.165) is 10.0 Å². The van der Waals surface area contributed by atoms with Crippen LogP contribution in [-0.2, 0) is 11.4 Å². The minimum Gasteiger partial charge on any atom is -0.493 e. The van der Waals surface area contributed by atoms with Crippen LogP contribution in [0, 0.1) is 10.1 Å². The predicted octanol–water partition coefficient (Wildman–Crippen LogP) is 3.93. The molecule has 0 saturated heterocycles. The summed E-state index contributed by atoms with van der Waals surface area (Å²) in [5.74, 6) is 1.17. The molecule has 0 atom stereocenters. The second kappa shape index (κ2) is 8.30. The highest BCUT2D eigenvalue weighted by Crippen LogP contribution is 2.33.